The molecular weight excluding hydrogens is 352 g/mol. The molecule has 0 bridgehead atoms. The van der Waals surface area contributed by atoms with Crippen LogP contribution in [0.25, 0.3) is 0 Å². The summed E-state index contributed by atoms with van der Waals surface area (Å²) in [6.07, 6.45) is 4.17. The number of hydrogen-bond acceptors (Lipinski definition) is 6. The average Bonchev–Trinajstić information content (AvgIpc) is 2.93. The van der Waals surface area contributed by atoms with Crippen LogP contribution in [0, 0.1) is 13.8 Å². The van der Waals surface area contributed by atoms with Crippen LogP contribution in [0.3, 0.4) is 0 Å². The van der Waals surface area contributed by atoms with Gasteiger partial charge in [0, 0.05) is 18.4 Å². The largest absolute Gasteiger partial charge is 0.334 e. The number of rotatable bonds is 7. The van der Waals surface area contributed by atoms with E-state index in [9.17, 15) is 0 Å². The van der Waals surface area contributed by atoms with Crippen LogP contribution in [-0.4, -0.2) is 50.1 Å². The maximum absolute atomic E-state index is 4.47. The van der Waals surface area contributed by atoms with Crippen molar-refractivity contribution in [2.75, 3.05) is 25.4 Å². The molecule has 1 N–H and O–H groups in total. The molecule has 1 aliphatic heterocycles. The molecule has 1 fully saturated rings. The van der Waals surface area contributed by atoms with E-state index in [2.05, 4.69) is 24.7 Å². The van der Waals surface area contributed by atoms with Crippen molar-refractivity contribution >= 4 is 23.5 Å². The lowest BCUT2D eigenvalue weighted by atomic mass is 10.1. The van der Waals surface area contributed by atoms with Crippen LogP contribution in [-0.2, 0) is 12.8 Å². The van der Waals surface area contributed by atoms with E-state index in [-0.39, 0.29) is 0 Å². The summed E-state index contributed by atoms with van der Waals surface area (Å²) >= 11 is 3.43. The van der Waals surface area contributed by atoms with Crippen LogP contribution in [0.15, 0.2) is 16.4 Å². The molecule has 2 aromatic rings. The Hall–Kier alpha value is -1.12. The third-order valence-corrected chi connectivity index (χ3v) is 6.33. The van der Waals surface area contributed by atoms with Crippen LogP contribution in [0.2, 0.25) is 0 Å². The summed E-state index contributed by atoms with van der Waals surface area (Å²) in [5.74, 6) is 2.82. The molecule has 3 heterocycles. The number of hydrogen-bond donors (Lipinski definition) is 1. The molecule has 2 aromatic heterocycles. The maximum atomic E-state index is 4.47. The Bertz CT molecular complexity index is 676. The van der Waals surface area contributed by atoms with E-state index in [1.165, 1.54) is 38.9 Å². The lowest BCUT2D eigenvalue weighted by Gasteiger charge is -2.23. The molecule has 0 unspecified atom stereocenters. The number of aryl methyl sites for hydroxylation is 2. The maximum Gasteiger partial charge on any atom is 0.191 e. The van der Waals surface area contributed by atoms with Crippen molar-refractivity contribution < 1.29 is 4.90 Å². The first-order valence-corrected chi connectivity index (χ1v) is 10.9. The minimum absolute atomic E-state index is 0.740. The Kier molecular flexibility index (Phi) is 6.72. The standard InChI is InChI=1S/C17H26N6S2/c1-13-11-14(2)19-16(18-13)25-12-15-20-21-17(22(15)3)24-10-9-23-7-5-4-6-8-23/h11H,4-10,12H2,1-3H3/p+1. The molecular formula is C17H27N6S2+. The van der Waals surface area contributed by atoms with E-state index in [4.69, 9.17) is 0 Å². The van der Waals surface area contributed by atoms with Gasteiger partial charge in [0.15, 0.2) is 10.3 Å². The number of thioether (sulfide) groups is 2. The van der Waals surface area contributed by atoms with Crippen molar-refractivity contribution in [2.24, 2.45) is 7.05 Å². The fourth-order valence-corrected chi connectivity index (χ4v) is 4.97. The van der Waals surface area contributed by atoms with Crippen LogP contribution >= 0.6 is 23.5 Å². The Labute approximate surface area is 158 Å². The van der Waals surface area contributed by atoms with Crippen LogP contribution in [0.4, 0.5) is 0 Å². The Balaban J connectivity index is 1.50. The van der Waals surface area contributed by atoms with Gasteiger partial charge in [-0.1, -0.05) is 23.5 Å². The van der Waals surface area contributed by atoms with Crippen molar-refractivity contribution in [3.63, 3.8) is 0 Å². The average molecular weight is 380 g/mol. The van der Waals surface area contributed by atoms with Gasteiger partial charge in [0.05, 0.1) is 31.1 Å². The smallest absolute Gasteiger partial charge is 0.191 e. The van der Waals surface area contributed by atoms with Crippen molar-refractivity contribution in [2.45, 2.75) is 49.2 Å². The summed E-state index contributed by atoms with van der Waals surface area (Å²) in [5, 5.41) is 10.5. The lowest BCUT2D eigenvalue weighted by Crippen LogP contribution is -3.13. The van der Waals surface area contributed by atoms with Gasteiger partial charge in [-0.3, -0.25) is 0 Å². The van der Waals surface area contributed by atoms with E-state index in [0.29, 0.717) is 0 Å². The molecule has 136 valence electrons. The molecule has 8 heteroatoms. The van der Waals surface area contributed by atoms with Crippen molar-refractivity contribution in [3.8, 4) is 0 Å². The normalized spacial score (nSPS) is 15.6. The molecule has 0 amide bonds. The zero-order valence-corrected chi connectivity index (χ0v) is 16.9. The van der Waals surface area contributed by atoms with E-state index in [1.807, 2.05) is 38.7 Å². The van der Waals surface area contributed by atoms with Gasteiger partial charge in [-0.15, -0.1) is 10.2 Å². The van der Waals surface area contributed by atoms with Gasteiger partial charge in [0.25, 0.3) is 0 Å². The molecule has 0 radical (unpaired) electrons. The minimum atomic E-state index is 0.740. The zero-order valence-electron chi connectivity index (χ0n) is 15.3. The Morgan fingerprint density at radius 3 is 2.48 bits per heavy atom. The van der Waals surface area contributed by atoms with Gasteiger partial charge in [-0.25, -0.2) is 9.97 Å². The van der Waals surface area contributed by atoms with Crippen LogP contribution in [0.1, 0.15) is 36.5 Å². The van der Waals surface area contributed by atoms with Crippen molar-refractivity contribution in [1.29, 1.82) is 0 Å². The molecule has 1 saturated heterocycles. The first-order valence-electron chi connectivity index (χ1n) is 8.91. The topological polar surface area (TPSA) is 60.9 Å². The van der Waals surface area contributed by atoms with Gasteiger partial charge in [-0.2, -0.15) is 0 Å². The highest BCUT2D eigenvalue weighted by atomic mass is 32.2. The third-order valence-electron chi connectivity index (χ3n) is 4.46. The molecule has 0 spiro atoms. The number of nitrogens with one attached hydrogen (secondary N) is 1. The Morgan fingerprint density at radius 2 is 1.76 bits per heavy atom. The first-order chi connectivity index (χ1) is 12.1. The second kappa shape index (κ2) is 9.00. The van der Waals surface area contributed by atoms with E-state index >= 15 is 0 Å². The second-order valence-electron chi connectivity index (χ2n) is 6.59. The van der Waals surface area contributed by atoms with Gasteiger partial charge >= 0.3 is 0 Å². The molecule has 25 heavy (non-hydrogen) atoms. The molecule has 6 nitrogen and oxygen atoms in total. The predicted octanol–water partition coefficient (Wildman–Crippen LogP) is 1.68. The molecule has 1 aliphatic rings. The lowest BCUT2D eigenvalue weighted by molar-refractivity contribution is -0.902. The second-order valence-corrected chi connectivity index (χ2v) is 8.59. The highest BCUT2D eigenvalue weighted by Gasteiger charge is 2.15. The Morgan fingerprint density at radius 1 is 1.04 bits per heavy atom. The summed E-state index contributed by atoms with van der Waals surface area (Å²) in [5.41, 5.74) is 2.01. The number of nitrogens with zero attached hydrogens (tertiary/aromatic N) is 5. The van der Waals surface area contributed by atoms with Gasteiger partial charge in [0.2, 0.25) is 0 Å². The van der Waals surface area contributed by atoms with Crippen LogP contribution < -0.4 is 4.90 Å². The summed E-state index contributed by atoms with van der Waals surface area (Å²) in [6.45, 7) is 7.88. The fourth-order valence-electron chi connectivity index (χ4n) is 3.07. The van der Waals surface area contributed by atoms with Gasteiger partial charge < -0.3 is 9.47 Å². The van der Waals surface area contributed by atoms with E-state index in [0.717, 1.165) is 39.0 Å². The predicted molar refractivity (Wildman–Crippen MR) is 102 cm³/mol. The summed E-state index contributed by atoms with van der Waals surface area (Å²) in [6, 6.07) is 1.99. The molecule has 0 atom stereocenters. The number of piperidine rings is 1. The van der Waals surface area contributed by atoms with Gasteiger partial charge in [-0.05, 0) is 39.2 Å². The van der Waals surface area contributed by atoms with Crippen LogP contribution in [0.5, 0.6) is 0 Å². The first kappa shape index (κ1) is 18.7. The van der Waals surface area contributed by atoms with E-state index < -0.39 is 0 Å². The van der Waals surface area contributed by atoms with Crippen molar-refractivity contribution in [3.05, 3.63) is 23.3 Å². The van der Waals surface area contributed by atoms with E-state index in [1.54, 1.807) is 16.7 Å². The molecule has 0 aromatic carbocycles. The summed E-state index contributed by atoms with van der Waals surface area (Å²) in [7, 11) is 2.05. The fraction of sp³-hybridized carbons (Fsp3) is 0.647. The number of quaternary nitrogens is 1. The molecule has 0 saturated carbocycles. The number of aromatic nitrogens is 5. The SMILES string of the molecule is Cc1cc(C)nc(SCc2nnc(SCC[NH+]3CCCCC3)n2C)n1. The van der Waals surface area contributed by atoms with Crippen molar-refractivity contribution in [1.82, 2.24) is 24.7 Å². The quantitative estimate of drug-likeness (QED) is 0.583. The molecule has 3 rings (SSSR count). The summed E-state index contributed by atoms with van der Waals surface area (Å²) in [4.78, 5) is 10.7. The molecule has 0 aliphatic carbocycles. The third kappa shape index (κ3) is 5.43. The number of likely N-dealkylation sites (tertiary alicyclic amines) is 1. The minimum Gasteiger partial charge on any atom is -0.334 e. The monoisotopic (exact) mass is 379 g/mol. The highest BCUT2D eigenvalue weighted by Crippen LogP contribution is 2.21. The highest BCUT2D eigenvalue weighted by molar-refractivity contribution is 7.99. The van der Waals surface area contributed by atoms with Gasteiger partial charge in [0.1, 0.15) is 5.82 Å². The zero-order chi connectivity index (χ0) is 17.6. The summed E-state index contributed by atoms with van der Waals surface area (Å²) < 4.78 is 2.10.